The molecule has 0 aliphatic rings. The van der Waals surface area contributed by atoms with Crippen molar-refractivity contribution in [2.24, 2.45) is 0 Å². The third-order valence-corrected chi connectivity index (χ3v) is 3.64. The zero-order valence-electron chi connectivity index (χ0n) is 20.9. The van der Waals surface area contributed by atoms with Gasteiger partial charge in [-0.05, 0) is 36.3 Å². The van der Waals surface area contributed by atoms with E-state index in [1.807, 2.05) is 18.2 Å². The summed E-state index contributed by atoms with van der Waals surface area (Å²) in [7, 11) is 0. The van der Waals surface area contributed by atoms with Gasteiger partial charge in [0.1, 0.15) is 11.9 Å². The molecule has 0 bridgehead atoms. The number of thiophene rings is 1. The molecule has 21 heavy (non-hydrogen) atoms. The van der Waals surface area contributed by atoms with Crippen LogP contribution in [0, 0.1) is 0 Å². The summed E-state index contributed by atoms with van der Waals surface area (Å²) in [6, 6.07) is 11.2. The third kappa shape index (κ3) is 3.26. The minimum absolute atomic E-state index is 0.177. The first kappa shape index (κ1) is 6.51. The molecule has 2 nitrogen and oxygen atoms in total. The lowest BCUT2D eigenvalue weighted by atomic mass is 10.1. The summed E-state index contributed by atoms with van der Waals surface area (Å²) in [5.41, 5.74) is 0. The smallest absolute Gasteiger partial charge is 0.134 e. The van der Waals surface area contributed by atoms with Crippen molar-refractivity contribution in [1.29, 1.82) is 0 Å². The van der Waals surface area contributed by atoms with Crippen LogP contribution in [0.2, 0.25) is 0 Å². The van der Waals surface area contributed by atoms with Gasteiger partial charge < -0.3 is 10.1 Å². The second-order valence-electron chi connectivity index (χ2n) is 4.19. The normalized spacial score (nSPS) is 21.3. The second kappa shape index (κ2) is 6.74. The van der Waals surface area contributed by atoms with Crippen molar-refractivity contribution in [2.45, 2.75) is 12.5 Å². The molecule has 3 heteroatoms. The van der Waals surface area contributed by atoms with Crippen molar-refractivity contribution in [1.82, 2.24) is 5.32 Å². The molecule has 1 atom stereocenters. The van der Waals surface area contributed by atoms with Gasteiger partial charge in [-0.3, -0.25) is 0 Å². The third-order valence-electron chi connectivity index (χ3n) is 2.90. The van der Waals surface area contributed by atoms with Gasteiger partial charge in [0.15, 0.2) is 0 Å². The molecular weight excluding hydrogens is 278 g/mol. The quantitative estimate of drug-likeness (QED) is 0.717. The van der Waals surface area contributed by atoms with Crippen LogP contribution < -0.4 is 10.1 Å². The molecule has 0 fully saturated rings. The van der Waals surface area contributed by atoms with E-state index in [-0.39, 0.29) is 16.0 Å². The molecule has 1 heterocycles. The first-order valence-electron chi connectivity index (χ1n) is 11.2. The van der Waals surface area contributed by atoms with Crippen molar-refractivity contribution in [2.75, 3.05) is 13.5 Å². The van der Waals surface area contributed by atoms with Crippen LogP contribution in [0.5, 0.6) is 5.75 Å². The summed E-state index contributed by atoms with van der Waals surface area (Å²) in [4.78, 5) is -0.177. The highest BCUT2D eigenvalue weighted by molar-refractivity contribution is 7.10. The van der Waals surface area contributed by atoms with Crippen LogP contribution >= 0.6 is 11.3 Å². The van der Waals surface area contributed by atoms with Gasteiger partial charge >= 0.3 is 0 Å². The van der Waals surface area contributed by atoms with E-state index in [4.69, 9.17) is 18.4 Å². The maximum absolute atomic E-state index is 8.49. The Bertz CT molecular complexity index is 1090. The van der Waals surface area contributed by atoms with E-state index < -0.39 is 38.0 Å². The van der Waals surface area contributed by atoms with Gasteiger partial charge in [-0.15, -0.1) is 11.3 Å². The molecule has 0 saturated carbocycles. The molecule has 108 valence electrons. The fraction of sp³-hybridized carbons (Fsp3) is 0.222. The Morgan fingerprint density at radius 1 is 1.33 bits per heavy atom. The first-order valence-corrected chi connectivity index (χ1v) is 7.06. The lowest BCUT2D eigenvalue weighted by Gasteiger charge is -2.19. The molecule has 0 amide bonds. The van der Waals surface area contributed by atoms with Gasteiger partial charge in [0, 0.05) is 26.2 Å². The monoisotopic (exact) mass is 307 g/mol. The zero-order valence-corrected chi connectivity index (χ0v) is 11.8. The molecule has 1 unspecified atom stereocenters. The summed E-state index contributed by atoms with van der Waals surface area (Å²) >= 11 is 0.626. The first-order chi connectivity index (χ1) is 14.2. The highest BCUT2D eigenvalue weighted by Gasteiger charge is 2.15. The summed E-state index contributed by atoms with van der Waals surface area (Å²) in [6.45, 7) is -6.09. The number of fused-ring (bicyclic) bond motifs is 1. The van der Waals surface area contributed by atoms with Crippen LogP contribution in [-0.2, 0) is 0 Å². The fourth-order valence-corrected chi connectivity index (χ4v) is 2.52. The number of benzene rings is 2. The van der Waals surface area contributed by atoms with Crippen LogP contribution in [0.25, 0.3) is 10.8 Å². The maximum Gasteiger partial charge on any atom is 0.134 e. The Kier molecular flexibility index (Phi) is 2.09. The number of hydrogen-bond acceptors (Lipinski definition) is 3. The number of nitrogens with one attached hydrogen (secondary N) is 1. The molecule has 0 radical (unpaired) electrons. The Morgan fingerprint density at radius 3 is 3.10 bits per heavy atom. The van der Waals surface area contributed by atoms with Crippen molar-refractivity contribution in [3.63, 3.8) is 0 Å². The van der Waals surface area contributed by atoms with Gasteiger partial charge in [-0.25, -0.2) is 0 Å². The highest BCUT2D eigenvalue weighted by Crippen LogP contribution is 2.32. The van der Waals surface area contributed by atoms with Crippen molar-refractivity contribution >= 4 is 22.1 Å². The van der Waals surface area contributed by atoms with Gasteiger partial charge in [0.05, 0.1) is 4.11 Å². The molecule has 0 aliphatic heterocycles. The number of ether oxygens (including phenoxy) is 1. The van der Waals surface area contributed by atoms with Gasteiger partial charge in [-0.1, -0.05) is 42.4 Å². The molecule has 0 aliphatic carbocycles. The molecule has 1 aromatic heterocycles. The van der Waals surface area contributed by atoms with Crippen LogP contribution in [0.15, 0.2) is 59.9 Å². The molecule has 3 aromatic rings. The lowest BCUT2D eigenvalue weighted by Crippen LogP contribution is -2.15. The molecule has 3 rings (SSSR count). The topological polar surface area (TPSA) is 21.3 Å². The zero-order chi connectivity index (χ0) is 23.2. The molecule has 2 aromatic carbocycles. The number of hydrogen-bond donors (Lipinski definition) is 1. The fourth-order valence-electron chi connectivity index (χ4n) is 1.99. The van der Waals surface area contributed by atoms with Crippen molar-refractivity contribution in [3.05, 3.63) is 64.8 Å². The standard InChI is InChI=1S/C18H19NOS/c1-19-12-11-17(18-10-5-13-21-18)20-16-9-4-7-14-6-2-3-8-15(14)16/h2-10,13,17,19H,11-12H2,1H3/i1D3,5D,10D,11D2,12D2,13D. The SMILES string of the molecule is [2H]c1sc(C(Oc2cccc3ccccc23)C([2H])([2H])C([2H])([2H])NC([2H])([2H])[2H])c([2H])c1[2H]. The maximum atomic E-state index is 8.49. The Balaban J connectivity index is 2.16. The van der Waals surface area contributed by atoms with Crippen molar-refractivity contribution < 1.29 is 18.4 Å². The predicted octanol–water partition coefficient (Wildman–Crippen LogP) is 4.63. The van der Waals surface area contributed by atoms with E-state index in [0.29, 0.717) is 16.7 Å². The molecule has 0 saturated heterocycles. The Labute approximate surface area is 143 Å². The predicted molar refractivity (Wildman–Crippen MR) is 90.2 cm³/mol. The van der Waals surface area contributed by atoms with E-state index in [9.17, 15) is 0 Å². The minimum atomic E-state index is -3.10. The second-order valence-corrected chi connectivity index (χ2v) is 5.04. The number of rotatable bonds is 6. The van der Waals surface area contributed by atoms with Crippen molar-refractivity contribution in [3.8, 4) is 5.75 Å². The molecule has 1 N–H and O–H groups in total. The van der Waals surface area contributed by atoms with Gasteiger partial charge in [0.2, 0.25) is 0 Å². The largest absolute Gasteiger partial charge is 0.484 e. The van der Waals surface area contributed by atoms with Crippen LogP contribution in [-0.4, -0.2) is 13.5 Å². The van der Waals surface area contributed by atoms with Crippen LogP contribution in [0.4, 0.5) is 0 Å². The van der Waals surface area contributed by atoms with E-state index in [1.54, 1.807) is 29.6 Å². The highest BCUT2D eigenvalue weighted by atomic mass is 32.1. The van der Waals surface area contributed by atoms with E-state index in [1.165, 1.54) is 0 Å². The summed E-state index contributed by atoms with van der Waals surface area (Å²) in [6.07, 6.45) is -4.80. The molecular formula is C18H19NOS. The van der Waals surface area contributed by atoms with E-state index >= 15 is 0 Å². The summed E-state index contributed by atoms with van der Waals surface area (Å²) in [5.74, 6) is 0.197. The molecule has 0 spiro atoms. The summed E-state index contributed by atoms with van der Waals surface area (Å²) in [5, 5.41) is 2.77. The van der Waals surface area contributed by atoms with E-state index in [0.717, 1.165) is 5.39 Å². The summed E-state index contributed by atoms with van der Waals surface area (Å²) < 4.78 is 84.8. The van der Waals surface area contributed by atoms with Gasteiger partial charge in [-0.2, -0.15) is 0 Å². The average Bonchev–Trinajstić information content (AvgIpc) is 2.91. The lowest BCUT2D eigenvalue weighted by molar-refractivity contribution is 0.201. The van der Waals surface area contributed by atoms with Gasteiger partial charge in [0.25, 0.3) is 0 Å². The average molecular weight is 307 g/mol. The van der Waals surface area contributed by atoms with Crippen LogP contribution in [0.3, 0.4) is 0 Å². The van der Waals surface area contributed by atoms with Crippen LogP contribution in [0.1, 0.15) is 31.1 Å². The minimum Gasteiger partial charge on any atom is -0.484 e. The Hall–Kier alpha value is -1.84. The Morgan fingerprint density at radius 2 is 2.24 bits per heavy atom. The van der Waals surface area contributed by atoms with E-state index in [2.05, 4.69) is 0 Å².